The van der Waals surface area contributed by atoms with Crippen molar-refractivity contribution in [3.8, 4) is 11.5 Å². The van der Waals surface area contributed by atoms with Crippen molar-refractivity contribution in [1.82, 2.24) is 0 Å². The van der Waals surface area contributed by atoms with Crippen molar-refractivity contribution in [3.05, 3.63) is 58.6 Å². The van der Waals surface area contributed by atoms with Crippen molar-refractivity contribution in [2.45, 2.75) is 13.0 Å². The first-order chi connectivity index (χ1) is 12.9. The summed E-state index contributed by atoms with van der Waals surface area (Å²) in [4.78, 5) is 24.1. The Bertz CT molecular complexity index is 833. The fourth-order valence-electron chi connectivity index (χ4n) is 2.16. The molecule has 0 radical (unpaired) electrons. The largest absolute Gasteiger partial charge is 0.493 e. The number of rotatable bonds is 7. The van der Waals surface area contributed by atoms with E-state index >= 15 is 0 Å². The van der Waals surface area contributed by atoms with E-state index in [0.717, 1.165) is 10.0 Å². The lowest BCUT2D eigenvalue weighted by molar-refractivity contribution is -0.148. The average molecular weight is 434 g/mol. The number of ether oxygens (including phenoxy) is 3. The van der Waals surface area contributed by atoms with Gasteiger partial charge >= 0.3 is 5.97 Å². The second-order valence-corrected chi connectivity index (χ2v) is 6.44. The number of hydrogen-bond donors (Lipinski definition) is 1. The number of carbonyl (C=O) groups excluding carboxylic acids is 2. The minimum absolute atomic E-state index is 0.412. The van der Waals surface area contributed by atoms with Gasteiger partial charge in [0.25, 0.3) is 5.91 Å². The average Bonchev–Trinajstić information content (AvgIpc) is 2.67. The number of esters is 1. The molecule has 27 heavy (non-hydrogen) atoms. The van der Waals surface area contributed by atoms with Crippen LogP contribution in [0.25, 0.3) is 6.08 Å². The lowest BCUT2D eigenvalue weighted by Gasteiger charge is -2.12. The quantitative estimate of drug-likeness (QED) is 0.526. The molecule has 0 spiro atoms. The number of carbonyl (C=O) groups is 2. The second-order valence-electron chi connectivity index (χ2n) is 5.52. The first-order valence-corrected chi connectivity index (χ1v) is 8.89. The van der Waals surface area contributed by atoms with Crippen LogP contribution in [0.4, 0.5) is 5.69 Å². The van der Waals surface area contributed by atoms with Gasteiger partial charge in [0.15, 0.2) is 17.6 Å². The normalized spacial score (nSPS) is 11.7. The van der Waals surface area contributed by atoms with Gasteiger partial charge in [-0.15, -0.1) is 0 Å². The molecule has 0 aliphatic carbocycles. The van der Waals surface area contributed by atoms with Crippen LogP contribution in [0.15, 0.2) is 53.0 Å². The van der Waals surface area contributed by atoms with Crippen molar-refractivity contribution in [2.24, 2.45) is 0 Å². The molecule has 0 aliphatic heterocycles. The topological polar surface area (TPSA) is 73.9 Å². The van der Waals surface area contributed by atoms with E-state index in [2.05, 4.69) is 21.2 Å². The molecule has 7 heteroatoms. The summed E-state index contributed by atoms with van der Waals surface area (Å²) in [7, 11) is 3.08. The highest BCUT2D eigenvalue weighted by Gasteiger charge is 2.16. The third-order valence-electron chi connectivity index (χ3n) is 3.59. The molecule has 0 aliphatic rings. The summed E-state index contributed by atoms with van der Waals surface area (Å²) in [6.07, 6.45) is 1.89. The fraction of sp³-hybridized carbons (Fsp3) is 0.200. The number of nitrogens with one attached hydrogen (secondary N) is 1. The summed E-state index contributed by atoms with van der Waals surface area (Å²) in [5, 5.41) is 2.68. The van der Waals surface area contributed by atoms with Crippen molar-refractivity contribution < 1.29 is 23.8 Å². The molecule has 0 bridgehead atoms. The van der Waals surface area contributed by atoms with E-state index in [1.54, 1.807) is 55.7 Å². The maximum atomic E-state index is 12.1. The van der Waals surface area contributed by atoms with Crippen molar-refractivity contribution >= 4 is 39.6 Å². The lowest BCUT2D eigenvalue weighted by atomic mass is 10.2. The van der Waals surface area contributed by atoms with Gasteiger partial charge < -0.3 is 19.5 Å². The number of anilines is 1. The Morgan fingerprint density at radius 2 is 1.70 bits per heavy atom. The molecule has 0 saturated heterocycles. The van der Waals surface area contributed by atoms with Crippen molar-refractivity contribution in [2.75, 3.05) is 19.5 Å². The van der Waals surface area contributed by atoms with Crippen LogP contribution >= 0.6 is 15.9 Å². The molecular formula is C20H20BrNO5. The van der Waals surface area contributed by atoms with Crippen LogP contribution in [0.1, 0.15) is 12.5 Å². The summed E-state index contributed by atoms with van der Waals surface area (Å²) < 4.78 is 16.4. The number of amides is 1. The molecule has 2 rings (SSSR count). The summed E-state index contributed by atoms with van der Waals surface area (Å²) in [6.45, 7) is 1.51. The van der Waals surface area contributed by atoms with E-state index in [1.807, 2.05) is 0 Å². The Labute approximate surface area is 166 Å². The predicted molar refractivity (Wildman–Crippen MR) is 107 cm³/mol. The Kier molecular flexibility index (Phi) is 7.43. The van der Waals surface area contributed by atoms with E-state index in [-0.39, 0.29) is 0 Å². The van der Waals surface area contributed by atoms with Gasteiger partial charge in [0.1, 0.15) is 0 Å². The molecule has 1 amide bonds. The predicted octanol–water partition coefficient (Wildman–Crippen LogP) is 4.05. The van der Waals surface area contributed by atoms with Gasteiger partial charge in [-0.1, -0.05) is 22.0 Å². The highest BCUT2D eigenvalue weighted by molar-refractivity contribution is 9.10. The highest BCUT2D eigenvalue weighted by atomic mass is 79.9. The Morgan fingerprint density at radius 1 is 1.04 bits per heavy atom. The highest BCUT2D eigenvalue weighted by Crippen LogP contribution is 2.28. The number of benzene rings is 2. The minimum atomic E-state index is -0.934. The van der Waals surface area contributed by atoms with Crippen LogP contribution < -0.4 is 14.8 Å². The molecule has 1 unspecified atom stereocenters. The van der Waals surface area contributed by atoms with Crippen LogP contribution in [-0.2, 0) is 14.3 Å². The second kappa shape index (κ2) is 9.78. The van der Waals surface area contributed by atoms with E-state index in [1.165, 1.54) is 20.1 Å². The van der Waals surface area contributed by atoms with Crippen LogP contribution in [0.2, 0.25) is 0 Å². The monoisotopic (exact) mass is 433 g/mol. The zero-order chi connectivity index (χ0) is 19.8. The van der Waals surface area contributed by atoms with Gasteiger partial charge in [0.05, 0.1) is 14.2 Å². The first-order valence-electron chi connectivity index (χ1n) is 8.10. The molecule has 1 atom stereocenters. The molecule has 0 saturated carbocycles. The summed E-state index contributed by atoms with van der Waals surface area (Å²) >= 11 is 3.32. The molecule has 0 aromatic heterocycles. The molecule has 2 aromatic rings. The molecule has 1 N–H and O–H groups in total. The Morgan fingerprint density at radius 3 is 2.33 bits per heavy atom. The minimum Gasteiger partial charge on any atom is -0.493 e. The van der Waals surface area contributed by atoms with Gasteiger partial charge in [-0.2, -0.15) is 0 Å². The molecule has 6 nitrogen and oxygen atoms in total. The summed E-state index contributed by atoms with van der Waals surface area (Å²) in [5.74, 6) is 0.110. The van der Waals surface area contributed by atoms with E-state index in [4.69, 9.17) is 14.2 Å². The van der Waals surface area contributed by atoms with Crippen LogP contribution in [0.3, 0.4) is 0 Å². The maximum Gasteiger partial charge on any atom is 0.331 e. The van der Waals surface area contributed by atoms with E-state index in [9.17, 15) is 9.59 Å². The molecule has 142 valence electrons. The van der Waals surface area contributed by atoms with Gasteiger partial charge in [0, 0.05) is 16.2 Å². The lowest BCUT2D eigenvalue weighted by Crippen LogP contribution is -2.29. The number of halogens is 1. The van der Waals surface area contributed by atoms with Crippen molar-refractivity contribution in [3.63, 3.8) is 0 Å². The standard InChI is InChI=1S/C20H20BrNO5/c1-13(20(24)22-16-8-6-15(21)7-9-16)27-19(23)11-5-14-4-10-17(25-2)18(12-14)26-3/h4-13H,1-3H3,(H,22,24). The van der Waals surface area contributed by atoms with E-state index < -0.39 is 18.0 Å². The molecule has 0 heterocycles. The van der Waals surface area contributed by atoms with Gasteiger partial charge in [0.2, 0.25) is 0 Å². The maximum absolute atomic E-state index is 12.1. The van der Waals surface area contributed by atoms with Crippen molar-refractivity contribution in [1.29, 1.82) is 0 Å². The molecule has 0 fully saturated rings. The van der Waals surface area contributed by atoms with E-state index in [0.29, 0.717) is 17.2 Å². The van der Waals surface area contributed by atoms with Crippen LogP contribution in [-0.4, -0.2) is 32.2 Å². The van der Waals surface area contributed by atoms with Crippen LogP contribution in [0, 0.1) is 0 Å². The van der Waals surface area contributed by atoms with Gasteiger partial charge in [-0.3, -0.25) is 4.79 Å². The SMILES string of the molecule is COc1ccc(C=CC(=O)OC(C)C(=O)Nc2ccc(Br)cc2)cc1OC. The molecular weight excluding hydrogens is 414 g/mol. The number of hydrogen-bond acceptors (Lipinski definition) is 5. The van der Waals surface area contributed by atoms with Gasteiger partial charge in [-0.25, -0.2) is 4.79 Å². The Balaban J connectivity index is 1.93. The summed E-state index contributed by atoms with van der Waals surface area (Å²) in [5.41, 5.74) is 1.35. The zero-order valence-corrected chi connectivity index (χ0v) is 16.8. The first kappa shape index (κ1) is 20.5. The Hall–Kier alpha value is -2.80. The fourth-order valence-corrected chi connectivity index (χ4v) is 2.43. The van der Waals surface area contributed by atoms with Crippen LogP contribution in [0.5, 0.6) is 11.5 Å². The summed E-state index contributed by atoms with van der Waals surface area (Å²) in [6, 6.07) is 12.3. The van der Waals surface area contributed by atoms with Gasteiger partial charge in [-0.05, 0) is 55.0 Å². The third-order valence-corrected chi connectivity index (χ3v) is 4.12. The smallest absolute Gasteiger partial charge is 0.331 e. The number of methoxy groups -OCH3 is 2. The third kappa shape index (κ3) is 6.14. The zero-order valence-electron chi connectivity index (χ0n) is 15.2. The molecule has 2 aromatic carbocycles.